The Balaban J connectivity index is 2.00. The molecule has 0 unspecified atom stereocenters. The SMILES string of the molecule is COC(=O)c1ccnc(CNC(=O)c2cn(C)nn2)c1. The number of methoxy groups -OCH3 is 1. The monoisotopic (exact) mass is 275 g/mol. The minimum atomic E-state index is -0.450. The van der Waals surface area contributed by atoms with Crippen molar-refractivity contribution in [1.29, 1.82) is 0 Å². The second-order valence-electron chi connectivity index (χ2n) is 3.99. The maximum absolute atomic E-state index is 11.8. The lowest BCUT2D eigenvalue weighted by molar-refractivity contribution is 0.0600. The maximum atomic E-state index is 11.8. The molecule has 1 amide bonds. The number of aromatic nitrogens is 4. The molecule has 0 aliphatic rings. The summed E-state index contributed by atoms with van der Waals surface area (Å²) >= 11 is 0. The smallest absolute Gasteiger partial charge is 0.337 e. The topological polar surface area (TPSA) is 99.0 Å². The first-order valence-corrected chi connectivity index (χ1v) is 5.78. The van der Waals surface area contributed by atoms with E-state index in [1.54, 1.807) is 19.2 Å². The van der Waals surface area contributed by atoms with Gasteiger partial charge in [0.25, 0.3) is 5.91 Å². The molecule has 1 N–H and O–H groups in total. The van der Waals surface area contributed by atoms with E-state index >= 15 is 0 Å². The highest BCUT2D eigenvalue weighted by Gasteiger charge is 2.11. The summed E-state index contributed by atoms with van der Waals surface area (Å²) in [6, 6.07) is 3.10. The van der Waals surface area contributed by atoms with Crippen molar-refractivity contribution in [3.05, 3.63) is 41.5 Å². The van der Waals surface area contributed by atoms with Crippen LogP contribution in [0.25, 0.3) is 0 Å². The zero-order chi connectivity index (χ0) is 14.5. The molecular weight excluding hydrogens is 262 g/mol. The molecule has 0 aromatic carbocycles. The molecule has 104 valence electrons. The van der Waals surface area contributed by atoms with Crippen LogP contribution in [0.4, 0.5) is 0 Å². The van der Waals surface area contributed by atoms with Gasteiger partial charge in [0.05, 0.1) is 31.1 Å². The van der Waals surface area contributed by atoms with Gasteiger partial charge in [0.2, 0.25) is 0 Å². The van der Waals surface area contributed by atoms with Crippen LogP contribution < -0.4 is 5.32 Å². The molecule has 8 heteroatoms. The minimum Gasteiger partial charge on any atom is -0.465 e. The fourth-order valence-electron chi connectivity index (χ4n) is 1.53. The number of ether oxygens (including phenoxy) is 1. The van der Waals surface area contributed by atoms with Crippen molar-refractivity contribution < 1.29 is 14.3 Å². The molecule has 0 saturated heterocycles. The number of pyridine rings is 1. The number of rotatable bonds is 4. The first-order chi connectivity index (χ1) is 9.60. The fraction of sp³-hybridized carbons (Fsp3) is 0.250. The van der Waals surface area contributed by atoms with Gasteiger partial charge in [-0.05, 0) is 12.1 Å². The Kier molecular flexibility index (Phi) is 4.04. The van der Waals surface area contributed by atoms with Crippen LogP contribution in [-0.2, 0) is 18.3 Å². The molecule has 2 rings (SSSR count). The summed E-state index contributed by atoms with van der Waals surface area (Å²) in [6.07, 6.45) is 2.99. The van der Waals surface area contributed by atoms with Crippen molar-refractivity contribution in [2.24, 2.45) is 7.05 Å². The number of hydrogen-bond donors (Lipinski definition) is 1. The average Bonchev–Trinajstić information content (AvgIpc) is 2.91. The summed E-state index contributed by atoms with van der Waals surface area (Å²) in [5, 5.41) is 10.0. The summed E-state index contributed by atoms with van der Waals surface area (Å²) in [6.45, 7) is 0.181. The highest BCUT2D eigenvalue weighted by molar-refractivity contribution is 5.92. The summed E-state index contributed by atoms with van der Waals surface area (Å²) in [5.74, 6) is -0.808. The first kappa shape index (κ1) is 13.7. The first-order valence-electron chi connectivity index (χ1n) is 5.78. The Bertz CT molecular complexity index is 638. The fourth-order valence-corrected chi connectivity index (χ4v) is 1.53. The highest BCUT2D eigenvalue weighted by atomic mass is 16.5. The van der Waals surface area contributed by atoms with Gasteiger partial charge in [0.15, 0.2) is 5.69 Å². The van der Waals surface area contributed by atoms with E-state index in [2.05, 4.69) is 25.3 Å². The molecular formula is C12H13N5O3. The highest BCUT2D eigenvalue weighted by Crippen LogP contribution is 2.03. The standard InChI is InChI=1S/C12H13N5O3/c1-17-7-10(15-16-17)11(18)14-6-9-5-8(3-4-13-9)12(19)20-2/h3-5,7H,6H2,1-2H3,(H,14,18). The molecule has 8 nitrogen and oxygen atoms in total. The summed E-state index contributed by atoms with van der Waals surface area (Å²) in [7, 11) is 2.98. The summed E-state index contributed by atoms with van der Waals surface area (Å²) < 4.78 is 6.05. The van der Waals surface area contributed by atoms with Crippen LogP contribution in [0, 0.1) is 0 Å². The van der Waals surface area contributed by atoms with Gasteiger partial charge in [-0.15, -0.1) is 5.10 Å². The van der Waals surface area contributed by atoms with Crippen molar-refractivity contribution in [3.63, 3.8) is 0 Å². The molecule has 2 aromatic heterocycles. The van der Waals surface area contributed by atoms with Crippen LogP contribution in [0.15, 0.2) is 24.5 Å². The molecule has 0 bridgehead atoms. The summed E-state index contributed by atoms with van der Waals surface area (Å²) in [4.78, 5) is 27.2. The number of aryl methyl sites for hydroxylation is 1. The van der Waals surface area contributed by atoms with Crippen molar-refractivity contribution in [3.8, 4) is 0 Å². The second-order valence-corrected chi connectivity index (χ2v) is 3.99. The second kappa shape index (κ2) is 5.91. The Labute approximate surface area is 114 Å². The normalized spacial score (nSPS) is 10.1. The van der Waals surface area contributed by atoms with E-state index in [9.17, 15) is 9.59 Å². The van der Waals surface area contributed by atoms with E-state index in [4.69, 9.17) is 0 Å². The van der Waals surface area contributed by atoms with Crippen LogP contribution in [-0.4, -0.2) is 39.0 Å². The van der Waals surface area contributed by atoms with Crippen molar-refractivity contribution in [1.82, 2.24) is 25.3 Å². The number of nitrogens with zero attached hydrogens (tertiary/aromatic N) is 4. The molecule has 2 heterocycles. The third-order valence-corrected chi connectivity index (χ3v) is 2.50. The Morgan fingerprint density at radius 1 is 1.45 bits per heavy atom. The lowest BCUT2D eigenvalue weighted by Gasteiger charge is -2.04. The van der Waals surface area contributed by atoms with Gasteiger partial charge in [-0.25, -0.2) is 4.79 Å². The van der Waals surface area contributed by atoms with Crippen LogP contribution in [0.5, 0.6) is 0 Å². The van der Waals surface area contributed by atoms with Gasteiger partial charge in [-0.1, -0.05) is 5.21 Å². The lowest BCUT2D eigenvalue weighted by atomic mass is 10.2. The van der Waals surface area contributed by atoms with E-state index in [1.165, 1.54) is 24.2 Å². The predicted octanol–water partition coefficient (Wildman–Crippen LogP) is -0.0733. The van der Waals surface area contributed by atoms with Gasteiger partial charge >= 0.3 is 5.97 Å². The zero-order valence-electron chi connectivity index (χ0n) is 11.0. The number of carbonyl (C=O) groups excluding carboxylic acids is 2. The Morgan fingerprint density at radius 2 is 2.25 bits per heavy atom. The molecule has 0 aliphatic heterocycles. The van der Waals surface area contributed by atoms with Crippen molar-refractivity contribution in [2.75, 3.05) is 7.11 Å². The van der Waals surface area contributed by atoms with E-state index in [0.717, 1.165) is 0 Å². The Morgan fingerprint density at radius 3 is 2.90 bits per heavy atom. The zero-order valence-corrected chi connectivity index (χ0v) is 11.0. The van der Waals surface area contributed by atoms with Gasteiger partial charge in [-0.3, -0.25) is 14.5 Å². The number of nitrogens with one attached hydrogen (secondary N) is 1. The van der Waals surface area contributed by atoms with Gasteiger partial charge in [0, 0.05) is 13.2 Å². The molecule has 0 saturated carbocycles. The summed E-state index contributed by atoms with van der Waals surface area (Å²) in [5.41, 5.74) is 1.15. The molecule has 2 aromatic rings. The lowest BCUT2D eigenvalue weighted by Crippen LogP contribution is -2.23. The van der Waals surface area contributed by atoms with Gasteiger partial charge in [-0.2, -0.15) is 0 Å². The quantitative estimate of drug-likeness (QED) is 0.784. The number of hydrogen-bond acceptors (Lipinski definition) is 6. The molecule has 0 atom stereocenters. The molecule has 0 radical (unpaired) electrons. The van der Waals surface area contributed by atoms with Crippen molar-refractivity contribution >= 4 is 11.9 Å². The van der Waals surface area contributed by atoms with Crippen LogP contribution in [0.2, 0.25) is 0 Å². The predicted molar refractivity (Wildman–Crippen MR) is 67.7 cm³/mol. The third kappa shape index (κ3) is 3.16. The number of carbonyl (C=O) groups is 2. The molecule has 0 fully saturated rings. The number of esters is 1. The minimum absolute atomic E-state index is 0.181. The molecule has 0 spiro atoms. The van der Waals surface area contributed by atoms with Gasteiger partial charge < -0.3 is 10.1 Å². The number of amides is 1. The van der Waals surface area contributed by atoms with Crippen LogP contribution in [0.3, 0.4) is 0 Å². The van der Waals surface area contributed by atoms with E-state index in [1.807, 2.05) is 0 Å². The van der Waals surface area contributed by atoms with Crippen LogP contribution in [0.1, 0.15) is 26.5 Å². The molecule has 0 aliphatic carbocycles. The Hall–Kier alpha value is -2.77. The van der Waals surface area contributed by atoms with Crippen molar-refractivity contribution in [2.45, 2.75) is 6.54 Å². The van der Waals surface area contributed by atoms with E-state index < -0.39 is 5.97 Å². The van der Waals surface area contributed by atoms with Crippen LogP contribution >= 0.6 is 0 Å². The third-order valence-electron chi connectivity index (χ3n) is 2.50. The van der Waals surface area contributed by atoms with E-state index in [-0.39, 0.29) is 18.1 Å². The molecule has 20 heavy (non-hydrogen) atoms. The van der Waals surface area contributed by atoms with E-state index in [0.29, 0.717) is 11.3 Å². The largest absolute Gasteiger partial charge is 0.465 e. The maximum Gasteiger partial charge on any atom is 0.337 e. The van der Waals surface area contributed by atoms with Gasteiger partial charge in [0.1, 0.15) is 0 Å². The average molecular weight is 275 g/mol.